The van der Waals surface area contributed by atoms with E-state index in [-0.39, 0.29) is 5.75 Å². The Labute approximate surface area is 134 Å². The summed E-state index contributed by atoms with van der Waals surface area (Å²) in [4.78, 5) is 4.63. The van der Waals surface area contributed by atoms with Crippen molar-refractivity contribution in [3.63, 3.8) is 0 Å². The Morgan fingerprint density at radius 1 is 0.652 bits per heavy atom. The third-order valence-electron chi connectivity index (χ3n) is 4.05. The zero-order chi connectivity index (χ0) is 15.6. The quantitative estimate of drug-likeness (QED) is 0.490. The zero-order valence-electron chi connectivity index (χ0n) is 12.5. The summed E-state index contributed by atoms with van der Waals surface area (Å²) in [6.45, 7) is 0. The predicted octanol–water partition coefficient (Wildman–Crippen LogP) is 5.45. The van der Waals surface area contributed by atoms with Crippen LogP contribution in [0.25, 0.3) is 21.5 Å². The predicted molar refractivity (Wildman–Crippen MR) is 96.8 cm³/mol. The number of hydrogen-bond acceptors (Lipinski definition) is 2. The topological polar surface area (TPSA) is 32.6 Å². The van der Waals surface area contributed by atoms with E-state index in [9.17, 15) is 5.11 Å². The molecule has 110 valence electrons. The largest absolute Gasteiger partial charge is 0.507 e. The van der Waals surface area contributed by atoms with Crippen LogP contribution in [0.3, 0.4) is 0 Å². The first-order valence-corrected chi connectivity index (χ1v) is 7.55. The SMILES string of the molecule is Oc1ccc2ccccc2c1C=Nc1cccc2ccccc12. The molecule has 0 spiro atoms. The highest BCUT2D eigenvalue weighted by Gasteiger charge is 2.05. The molecule has 0 fully saturated rings. The van der Waals surface area contributed by atoms with Gasteiger partial charge < -0.3 is 5.11 Å². The van der Waals surface area contributed by atoms with Crippen molar-refractivity contribution in [3.8, 4) is 5.75 Å². The van der Waals surface area contributed by atoms with Crippen molar-refractivity contribution in [2.24, 2.45) is 4.99 Å². The van der Waals surface area contributed by atoms with E-state index in [0.29, 0.717) is 0 Å². The first-order chi connectivity index (χ1) is 11.3. The minimum Gasteiger partial charge on any atom is -0.507 e. The van der Waals surface area contributed by atoms with Crippen LogP contribution in [0.5, 0.6) is 5.75 Å². The lowest BCUT2D eigenvalue weighted by atomic mass is 10.0. The molecule has 4 rings (SSSR count). The van der Waals surface area contributed by atoms with E-state index in [1.165, 1.54) is 0 Å². The van der Waals surface area contributed by atoms with Crippen LogP contribution in [0.4, 0.5) is 5.69 Å². The van der Waals surface area contributed by atoms with E-state index in [0.717, 1.165) is 32.8 Å². The molecule has 0 saturated heterocycles. The summed E-state index contributed by atoms with van der Waals surface area (Å²) in [7, 11) is 0. The van der Waals surface area contributed by atoms with Crippen LogP contribution >= 0.6 is 0 Å². The highest BCUT2D eigenvalue weighted by atomic mass is 16.3. The molecule has 0 bridgehead atoms. The molecule has 0 aromatic heterocycles. The molecule has 0 amide bonds. The summed E-state index contributed by atoms with van der Waals surface area (Å²) in [6, 6.07) is 25.8. The van der Waals surface area contributed by atoms with E-state index >= 15 is 0 Å². The second kappa shape index (κ2) is 5.58. The van der Waals surface area contributed by atoms with Gasteiger partial charge in [0.2, 0.25) is 0 Å². The molecular formula is C21H15NO. The van der Waals surface area contributed by atoms with Crippen molar-refractivity contribution in [2.75, 3.05) is 0 Å². The minimum absolute atomic E-state index is 0.243. The van der Waals surface area contributed by atoms with Gasteiger partial charge in [-0.1, -0.05) is 66.7 Å². The van der Waals surface area contributed by atoms with Crippen LogP contribution < -0.4 is 0 Å². The Balaban J connectivity index is 1.87. The number of benzene rings is 4. The molecule has 4 aromatic carbocycles. The third-order valence-corrected chi connectivity index (χ3v) is 4.05. The Morgan fingerprint density at radius 3 is 2.13 bits per heavy atom. The number of nitrogens with zero attached hydrogens (tertiary/aromatic N) is 1. The molecule has 0 aliphatic carbocycles. The molecule has 0 saturated carbocycles. The maximum atomic E-state index is 10.2. The first-order valence-electron chi connectivity index (χ1n) is 7.55. The Bertz CT molecular complexity index is 1030. The normalized spacial score (nSPS) is 11.5. The van der Waals surface area contributed by atoms with E-state index in [1.54, 1.807) is 12.3 Å². The van der Waals surface area contributed by atoms with Crippen LogP contribution in [0.15, 0.2) is 83.9 Å². The Kier molecular flexibility index (Phi) is 3.28. The van der Waals surface area contributed by atoms with Gasteiger partial charge in [-0.2, -0.15) is 0 Å². The Hall–Kier alpha value is -3.13. The van der Waals surface area contributed by atoms with Crippen molar-refractivity contribution >= 4 is 33.4 Å². The molecule has 23 heavy (non-hydrogen) atoms. The fourth-order valence-electron chi connectivity index (χ4n) is 2.87. The van der Waals surface area contributed by atoms with E-state index in [4.69, 9.17) is 0 Å². The maximum Gasteiger partial charge on any atom is 0.124 e. The third kappa shape index (κ3) is 2.44. The highest BCUT2D eigenvalue weighted by Crippen LogP contribution is 2.28. The number of aliphatic imine (C=N–C) groups is 1. The van der Waals surface area contributed by atoms with Gasteiger partial charge >= 0.3 is 0 Å². The molecule has 4 aromatic rings. The lowest BCUT2D eigenvalue weighted by molar-refractivity contribution is 0.475. The lowest BCUT2D eigenvalue weighted by Crippen LogP contribution is -1.86. The van der Waals surface area contributed by atoms with Crippen molar-refractivity contribution in [3.05, 3.63) is 84.4 Å². The average Bonchev–Trinajstić information content (AvgIpc) is 2.61. The van der Waals surface area contributed by atoms with Gasteiger partial charge in [-0.15, -0.1) is 0 Å². The van der Waals surface area contributed by atoms with E-state index in [1.807, 2.05) is 54.6 Å². The summed E-state index contributed by atoms with van der Waals surface area (Å²) in [6.07, 6.45) is 1.75. The first kappa shape index (κ1) is 13.5. The number of phenolic OH excluding ortho intramolecular Hbond substituents is 1. The summed E-state index contributed by atoms with van der Waals surface area (Å²) >= 11 is 0. The van der Waals surface area contributed by atoms with Crippen LogP contribution in [0.2, 0.25) is 0 Å². The zero-order valence-corrected chi connectivity index (χ0v) is 12.5. The summed E-state index contributed by atoms with van der Waals surface area (Å²) in [5.41, 5.74) is 1.64. The number of aromatic hydroxyl groups is 1. The molecule has 0 atom stereocenters. The molecule has 2 heteroatoms. The molecule has 0 heterocycles. The van der Waals surface area contributed by atoms with Gasteiger partial charge in [-0.3, -0.25) is 4.99 Å². The smallest absolute Gasteiger partial charge is 0.124 e. The van der Waals surface area contributed by atoms with Gasteiger partial charge in [0, 0.05) is 17.2 Å². The summed E-state index contributed by atoms with van der Waals surface area (Å²) in [5, 5.41) is 14.6. The lowest BCUT2D eigenvalue weighted by Gasteiger charge is -2.05. The number of phenols is 1. The molecule has 0 radical (unpaired) electrons. The Morgan fingerprint density at radius 2 is 1.30 bits per heavy atom. The van der Waals surface area contributed by atoms with Crippen molar-refractivity contribution in [1.82, 2.24) is 0 Å². The fourth-order valence-corrected chi connectivity index (χ4v) is 2.87. The maximum absolute atomic E-state index is 10.2. The molecule has 0 aliphatic rings. The van der Waals surface area contributed by atoms with Crippen molar-refractivity contribution < 1.29 is 5.11 Å². The van der Waals surface area contributed by atoms with E-state index in [2.05, 4.69) is 23.2 Å². The molecular weight excluding hydrogens is 282 g/mol. The summed E-state index contributed by atoms with van der Waals surface area (Å²) in [5.74, 6) is 0.243. The van der Waals surface area contributed by atoms with E-state index < -0.39 is 0 Å². The van der Waals surface area contributed by atoms with Crippen LogP contribution in [0.1, 0.15) is 5.56 Å². The average molecular weight is 297 g/mol. The van der Waals surface area contributed by atoms with Gasteiger partial charge in [-0.25, -0.2) is 0 Å². The van der Waals surface area contributed by atoms with Gasteiger partial charge in [0.1, 0.15) is 5.75 Å². The number of hydrogen-bond donors (Lipinski definition) is 1. The molecule has 0 unspecified atom stereocenters. The van der Waals surface area contributed by atoms with Crippen LogP contribution in [-0.4, -0.2) is 11.3 Å². The minimum atomic E-state index is 0.243. The molecule has 1 N–H and O–H groups in total. The molecule has 2 nitrogen and oxygen atoms in total. The second-order valence-electron chi connectivity index (χ2n) is 5.48. The van der Waals surface area contributed by atoms with Gasteiger partial charge in [0.05, 0.1) is 5.69 Å². The van der Waals surface area contributed by atoms with Crippen molar-refractivity contribution in [2.45, 2.75) is 0 Å². The standard InChI is InChI=1S/C21H15NO/c23-21-13-12-16-7-1-3-9-17(16)19(21)14-22-20-11-5-8-15-6-2-4-10-18(15)20/h1-14,23H. The van der Waals surface area contributed by atoms with Crippen LogP contribution in [-0.2, 0) is 0 Å². The van der Waals surface area contributed by atoms with Gasteiger partial charge in [0.25, 0.3) is 0 Å². The highest BCUT2D eigenvalue weighted by molar-refractivity contribution is 6.04. The van der Waals surface area contributed by atoms with Crippen molar-refractivity contribution in [1.29, 1.82) is 0 Å². The van der Waals surface area contributed by atoms with Gasteiger partial charge in [0.15, 0.2) is 0 Å². The second-order valence-corrected chi connectivity index (χ2v) is 5.48. The number of fused-ring (bicyclic) bond motifs is 2. The van der Waals surface area contributed by atoms with Gasteiger partial charge in [-0.05, 0) is 28.3 Å². The number of rotatable bonds is 2. The van der Waals surface area contributed by atoms with Crippen LogP contribution in [0, 0.1) is 0 Å². The fraction of sp³-hybridized carbons (Fsp3) is 0. The molecule has 0 aliphatic heterocycles. The monoisotopic (exact) mass is 297 g/mol. The summed E-state index contributed by atoms with van der Waals surface area (Å²) < 4.78 is 0.